The first-order chi connectivity index (χ1) is 3.27. The van der Waals surface area contributed by atoms with Gasteiger partial charge in [0.05, 0.1) is 0 Å². The molecule has 3 heteroatoms. The highest BCUT2D eigenvalue weighted by Gasteiger charge is 2.15. The first kappa shape index (κ1) is 4.43. The van der Waals surface area contributed by atoms with Crippen molar-refractivity contribution in [2.45, 2.75) is 6.92 Å². The molecule has 0 saturated carbocycles. The molecule has 0 atom stereocenters. The quantitative estimate of drug-likeness (QED) is 0.426. The van der Waals surface area contributed by atoms with Crippen LogP contribution in [0.4, 0.5) is 0 Å². The Labute approximate surface area is 42.2 Å². The monoisotopic (exact) mass is 96.0 g/mol. The Morgan fingerprint density at radius 1 is 1.71 bits per heavy atom. The minimum Gasteiger partial charge on any atom is -0.565 e. The van der Waals surface area contributed by atoms with Crippen LogP contribution >= 0.6 is 0 Å². The predicted octanol–water partition coefficient (Wildman–Crippen LogP) is -0.842. The summed E-state index contributed by atoms with van der Waals surface area (Å²) in [6, 6.07) is 0. The third-order valence-corrected chi connectivity index (χ3v) is 1.03. The topological polar surface area (TPSA) is 26.3 Å². The molecule has 0 N–H and O–H groups in total. The van der Waals surface area contributed by atoms with Gasteiger partial charge in [0.15, 0.2) is 5.75 Å². The summed E-state index contributed by atoms with van der Waals surface area (Å²) >= 11 is 0. The molecule has 0 aliphatic carbocycles. The van der Waals surface area contributed by atoms with E-state index in [4.69, 9.17) is 0 Å². The van der Waals surface area contributed by atoms with E-state index < -0.39 is 0 Å². The molecule has 0 aliphatic heterocycles. The lowest BCUT2D eigenvalue weighted by Gasteiger charge is -1.79. The highest BCUT2D eigenvalue weighted by atomic mass is 16.4. The van der Waals surface area contributed by atoms with Crippen LogP contribution in [0.2, 0.25) is 0 Å². The fourth-order valence-corrected chi connectivity index (χ4v) is 0.482. The minimum absolute atomic E-state index is 0.0718. The third kappa shape index (κ3) is 0.445. The summed E-state index contributed by atoms with van der Waals surface area (Å²) in [7, 11) is 1.50. The minimum atomic E-state index is 0.0718. The van der Waals surface area contributed by atoms with Crippen LogP contribution < -0.4 is 10.1 Å². The van der Waals surface area contributed by atoms with E-state index in [0.717, 1.165) is 5.56 Å². The van der Waals surface area contributed by atoms with Crippen LogP contribution in [-0.4, -0.2) is 8.05 Å². The van der Waals surface area contributed by atoms with Crippen molar-refractivity contribution in [3.05, 3.63) is 15.8 Å². The molecule has 0 radical (unpaired) electrons. The zero-order valence-corrected chi connectivity index (χ0v) is 4.32. The van der Waals surface area contributed by atoms with Crippen LogP contribution in [0.25, 0.3) is 0 Å². The van der Waals surface area contributed by atoms with E-state index in [1.807, 2.05) is 0 Å². The molecule has 2 nitrogen and oxygen atoms in total. The summed E-state index contributed by atoms with van der Waals surface area (Å²) < 4.78 is 4.62. The highest BCUT2D eigenvalue weighted by molar-refractivity contribution is 6.00. The van der Waals surface area contributed by atoms with Crippen LogP contribution in [0.5, 0.6) is 5.75 Å². The van der Waals surface area contributed by atoms with Crippen molar-refractivity contribution in [2.24, 2.45) is 0 Å². The molecule has 0 heterocycles. The first-order valence-electron chi connectivity index (χ1n) is 2.07. The Morgan fingerprint density at radius 3 is 2.14 bits per heavy atom. The van der Waals surface area contributed by atoms with Crippen molar-refractivity contribution >= 4 is 8.05 Å². The van der Waals surface area contributed by atoms with Crippen LogP contribution in [0.15, 0.2) is 4.79 Å². The molecule has 1 aromatic rings. The Morgan fingerprint density at radius 2 is 2.14 bits per heavy atom. The molecule has 0 unspecified atom stereocenters. The van der Waals surface area contributed by atoms with Crippen molar-refractivity contribution in [3.63, 3.8) is 0 Å². The molecule has 0 spiro atoms. The predicted molar refractivity (Wildman–Crippen MR) is 29.0 cm³/mol. The molecular weight excluding hydrogens is 90.9 g/mol. The van der Waals surface area contributed by atoms with Gasteiger partial charge in [0.25, 0.3) is 0 Å². The van der Waals surface area contributed by atoms with E-state index >= 15 is 0 Å². The number of hydrogen-bond donors (Lipinski definition) is 0. The standard InChI is InChI=1S/C4H5BO2/c1-2-3(6)4(2)7-5/h5H2,1H3. The summed E-state index contributed by atoms with van der Waals surface area (Å²) in [5.74, 6) is 0.542. The zero-order valence-electron chi connectivity index (χ0n) is 4.32. The molecule has 0 aliphatic rings. The number of rotatable bonds is 1. The van der Waals surface area contributed by atoms with Gasteiger partial charge >= 0.3 is 8.05 Å². The van der Waals surface area contributed by atoms with E-state index in [2.05, 4.69) is 4.65 Å². The molecule has 0 fully saturated rings. The molecule has 0 amide bonds. The summed E-state index contributed by atoms with van der Waals surface area (Å²) in [4.78, 5) is 10.2. The van der Waals surface area contributed by atoms with Gasteiger partial charge in [-0.3, -0.25) is 4.79 Å². The Bertz CT molecular complexity index is 185. The zero-order chi connectivity index (χ0) is 5.44. The molecule has 1 rings (SSSR count). The molecular formula is C4H5BO2. The van der Waals surface area contributed by atoms with E-state index in [0.29, 0.717) is 5.75 Å². The molecule has 0 bridgehead atoms. The van der Waals surface area contributed by atoms with E-state index in [1.54, 1.807) is 6.92 Å². The molecule has 1 aromatic carbocycles. The normalized spacial score (nSPS) is 9.86. The van der Waals surface area contributed by atoms with Crippen molar-refractivity contribution in [2.75, 3.05) is 0 Å². The van der Waals surface area contributed by atoms with Crippen LogP contribution in [0.1, 0.15) is 5.56 Å². The largest absolute Gasteiger partial charge is 0.565 e. The second kappa shape index (κ2) is 1.12. The van der Waals surface area contributed by atoms with Gasteiger partial charge in [0, 0.05) is 5.56 Å². The lowest BCUT2D eigenvalue weighted by atomic mass is 10.5. The maximum absolute atomic E-state index is 10.2. The van der Waals surface area contributed by atoms with Gasteiger partial charge in [-0.25, -0.2) is 0 Å². The second-order valence-corrected chi connectivity index (χ2v) is 1.49. The smallest absolute Gasteiger partial charge is 0.322 e. The molecule has 0 saturated heterocycles. The SMILES string of the molecule is BOc1c(C)c1=O. The Kier molecular flexibility index (Phi) is 0.710. The van der Waals surface area contributed by atoms with Gasteiger partial charge in [-0.1, -0.05) is 0 Å². The van der Waals surface area contributed by atoms with Gasteiger partial charge in [-0.15, -0.1) is 0 Å². The highest BCUT2D eigenvalue weighted by Crippen LogP contribution is 2.14. The maximum Gasteiger partial charge on any atom is 0.322 e. The third-order valence-electron chi connectivity index (χ3n) is 1.03. The molecule has 7 heavy (non-hydrogen) atoms. The van der Waals surface area contributed by atoms with Gasteiger partial charge in [0.1, 0.15) is 0 Å². The first-order valence-corrected chi connectivity index (χ1v) is 2.07. The van der Waals surface area contributed by atoms with Crippen molar-refractivity contribution in [1.29, 1.82) is 0 Å². The number of hydrogen-bond acceptors (Lipinski definition) is 2. The van der Waals surface area contributed by atoms with Crippen molar-refractivity contribution in [3.8, 4) is 5.75 Å². The summed E-state index contributed by atoms with van der Waals surface area (Å²) in [6.07, 6.45) is 0. The van der Waals surface area contributed by atoms with E-state index in [1.165, 1.54) is 8.05 Å². The van der Waals surface area contributed by atoms with Crippen molar-refractivity contribution < 1.29 is 4.65 Å². The molecule has 36 valence electrons. The maximum atomic E-state index is 10.2. The summed E-state index contributed by atoms with van der Waals surface area (Å²) in [5, 5.41) is 0. The lowest BCUT2D eigenvalue weighted by Crippen LogP contribution is -1.81. The Balaban J connectivity index is 2.81. The van der Waals surface area contributed by atoms with Crippen molar-refractivity contribution in [1.82, 2.24) is 0 Å². The molecule has 0 aromatic heterocycles. The van der Waals surface area contributed by atoms with Crippen LogP contribution in [0.3, 0.4) is 0 Å². The fourth-order valence-electron chi connectivity index (χ4n) is 0.482. The van der Waals surface area contributed by atoms with Gasteiger partial charge in [-0.2, -0.15) is 0 Å². The lowest BCUT2D eigenvalue weighted by molar-refractivity contribution is 0.630. The fraction of sp³-hybridized carbons (Fsp3) is 0.250. The van der Waals surface area contributed by atoms with Crippen LogP contribution in [-0.2, 0) is 0 Å². The second-order valence-electron chi connectivity index (χ2n) is 1.49. The van der Waals surface area contributed by atoms with Crippen LogP contribution in [0, 0.1) is 6.92 Å². The van der Waals surface area contributed by atoms with E-state index in [-0.39, 0.29) is 5.43 Å². The average Bonchev–Trinajstić information content (AvgIpc) is 2.17. The van der Waals surface area contributed by atoms with Gasteiger partial charge < -0.3 is 4.65 Å². The van der Waals surface area contributed by atoms with Gasteiger partial charge in [0.2, 0.25) is 5.43 Å². The van der Waals surface area contributed by atoms with Gasteiger partial charge in [-0.05, 0) is 6.92 Å². The summed E-state index contributed by atoms with van der Waals surface area (Å²) in [6.45, 7) is 1.75. The average molecular weight is 95.9 g/mol. The summed E-state index contributed by atoms with van der Waals surface area (Å²) in [5.41, 5.74) is 0.838. The van der Waals surface area contributed by atoms with E-state index in [9.17, 15) is 4.79 Å². The Hall–Kier alpha value is -0.725.